The van der Waals surface area contributed by atoms with Crippen LogP contribution in [0, 0.1) is 39.4 Å². The first-order chi connectivity index (χ1) is 12.3. The van der Waals surface area contributed by atoms with Gasteiger partial charge in [-0.1, -0.05) is 26.8 Å². The van der Waals surface area contributed by atoms with Crippen LogP contribution < -0.4 is 0 Å². The van der Waals surface area contributed by atoms with Gasteiger partial charge >= 0.3 is 0 Å². The average Bonchev–Trinajstić information content (AvgIpc) is 2.84. The van der Waals surface area contributed by atoms with E-state index in [1.165, 1.54) is 49.9 Å². The smallest absolute Gasteiger partial charge is 0.132 e. The number of nitriles is 2. The summed E-state index contributed by atoms with van der Waals surface area (Å²) >= 11 is 0. The van der Waals surface area contributed by atoms with Gasteiger partial charge in [0.2, 0.25) is 0 Å². The quantitative estimate of drug-likeness (QED) is 0.609. The first-order valence-corrected chi connectivity index (χ1v) is 10.0. The summed E-state index contributed by atoms with van der Waals surface area (Å²) in [4.78, 5) is 2.71. The highest BCUT2D eigenvalue weighted by Crippen LogP contribution is 2.54. The second kappa shape index (κ2) is 6.02. The molecule has 0 N–H and O–H groups in total. The number of likely N-dealkylation sites (tertiary alicyclic amines) is 1. The molecule has 0 unspecified atom stereocenters. The van der Waals surface area contributed by atoms with E-state index in [2.05, 4.69) is 50.0 Å². The predicted octanol–water partition coefficient (Wildman–Crippen LogP) is 5.24. The fourth-order valence-corrected chi connectivity index (χ4v) is 6.33. The van der Waals surface area contributed by atoms with Crippen LogP contribution in [0.1, 0.15) is 65.7 Å². The van der Waals surface area contributed by atoms with Crippen molar-refractivity contribution in [3.63, 3.8) is 0 Å². The first-order valence-electron chi connectivity index (χ1n) is 10.0. The highest BCUT2D eigenvalue weighted by Gasteiger charge is 2.50. The minimum absolute atomic E-state index is 0.294. The summed E-state index contributed by atoms with van der Waals surface area (Å²) in [5, 5.41) is 18.4. The van der Waals surface area contributed by atoms with Gasteiger partial charge in [0.1, 0.15) is 17.7 Å². The molecule has 0 amide bonds. The van der Waals surface area contributed by atoms with Gasteiger partial charge in [-0.2, -0.15) is 10.5 Å². The third kappa shape index (κ3) is 2.99. The molecule has 26 heavy (non-hydrogen) atoms. The van der Waals surface area contributed by atoms with Crippen molar-refractivity contribution in [2.24, 2.45) is 16.7 Å². The van der Waals surface area contributed by atoms with Gasteiger partial charge in [-0.3, -0.25) is 0 Å². The van der Waals surface area contributed by atoms with Crippen LogP contribution in [0.5, 0.6) is 0 Å². The number of allylic oxidation sites excluding steroid dienone is 6. The van der Waals surface area contributed by atoms with E-state index in [4.69, 9.17) is 0 Å². The van der Waals surface area contributed by atoms with Crippen LogP contribution in [0.3, 0.4) is 0 Å². The maximum Gasteiger partial charge on any atom is 0.132 e. The van der Waals surface area contributed by atoms with Crippen LogP contribution >= 0.6 is 0 Å². The molecule has 3 aliphatic carbocycles. The van der Waals surface area contributed by atoms with Crippen molar-refractivity contribution in [3.8, 4) is 12.1 Å². The first kappa shape index (κ1) is 17.4. The molecule has 4 rings (SSSR count). The van der Waals surface area contributed by atoms with E-state index < -0.39 is 0 Å². The van der Waals surface area contributed by atoms with Gasteiger partial charge in [0.15, 0.2) is 0 Å². The van der Waals surface area contributed by atoms with Crippen molar-refractivity contribution >= 4 is 0 Å². The van der Waals surface area contributed by atoms with Crippen LogP contribution in [0.25, 0.3) is 0 Å². The molecule has 0 spiro atoms. The van der Waals surface area contributed by atoms with Crippen LogP contribution in [-0.2, 0) is 0 Å². The second-order valence-electron chi connectivity index (χ2n) is 10.0. The van der Waals surface area contributed by atoms with E-state index in [1.807, 2.05) is 0 Å². The van der Waals surface area contributed by atoms with E-state index in [-0.39, 0.29) is 0 Å². The summed E-state index contributed by atoms with van der Waals surface area (Å²) in [5.74, 6) is 0.607. The molecule has 3 atom stereocenters. The van der Waals surface area contributed by atoms with Crippen LogP contribution in [-0.4, -0.2) is 17.5 Å². The highest BCUT2D eigenvalue weighted by molar-refractivity contribution is 5.49. The largest absolute Gasteiger partial charge is 0.371 e. The predicted molar refractivity (Wildman–Crippen MR) is 103 cm³/mol. The topological polar surface area (TPSA) is 50.8 Å². The summed E-state index contributed by atoms with van der Waals surface area (Å²) in [6, 6.07) is 4.82. The standard InChI is InChI=1S/C23H29N3/c1-22(2)10-21-11-23(3,14-22)15-26(21)20-7-6-16-4-5-17(8-18(16)9-20)19(12-24)13-25/h8-9,16,21H,4-7,10-11,14-15H2,1-3H3/t16-,21+,23-/m0/s1. The van der Waals surface area contributed by atoms with E-state index in [1.54, 1.807) is 0 Å². The molecule has 3 nitrogen and oxygen atoms in total. The lowest BCUT2D eigenvalue weighted by Gasteiger charge is -2.40. The molecule has 1 saturated carbocycles. The number of hydrogen-bond donors (Lipinski definition) is 0. The van der Waals surface area contributed by atoms with E-state index in [9.17, 15) is 10.5 Å². The lowest BCUT2D eigenvalue weighted by Crippen LogP contribution is -2.35. The summed E-state index contributed by atoms with van der Waals surface area (Å²) in [6.07, 6.45) is 12.8. The van der Waals surface area contributed by atoms with Crippen molar-refractivity contribution in [1.82, 2.24) is 4.90 Å². The fraction of sp³-hybridized carbons (Fsp3) is 0.652. The van der Waals surface area contributed by atoms with Crippen LogP contribution in [0.15, 0.2) is 34.6 Å². The number of hydrogen-bond acceptors (Lipinski definition) is 3. The van der Waals surface area contributed by atoms with Crippen LogP contribution in [0.2, 0.25) is 0 Å². The zero-order valence-electron chi connectivity index (χ0n) is 16.3. The van der Waals surface area contributed by atoms with Gasteiger partial charge in [0.25, 0.3) is 0 Å². The maximum absolute atomic E-state index is 9.20. The molecule has 136 valence electrons. The second-order valence-corrected chi connectivity index (χ2v) is 10.0. The zero-order valence-corrected chi connectivity index (χ0v) is 16.3. The van der Waals surface area contributed by atoms with E-state index in [0.29, 0.717) is 28.4 Å². The van der Waals surface area contributed by atoms with Crippen molar-refractivity contribution in [1.29, 1.82) is 10.5 Å². The number of rotatable bonds is 1. The third-order valence-electron chi connectivity index (χ3n) is 6.99. The van der Waals surface area contributed by atoms with Crippen molar-refractivity contribution in [2.45, 2.75) is 71.8 Å². The summed E-state index contributed by atoms with van der Waals surface area (Å²) in [7, 11) is 0. The Labute approximate surface area is 157 Å². The van der Waals surface area contributed by atoms with Gasteiger partial charge in [-0.05, 0) is 78.9 Å². The van der Waals surface area contributed by atoms with Crippen molar-refractivity contribution < 1.29 is 0 Å². The Balaban J connectivity index is 1.65. The maximum atomic E-state index is 9.20. The van der Waals surface area contributed by atoms with E-state index >= 15 is 0 Å². The molecule has 1 saturated heterocycles. The Kier molecular flexibility index (Phi) is 4.03. The van der Waals surface area contributed by atoms with E-state index in [0.717, 1.165) is 18.4 Å². The molecule has 3 heteroatoms. The minimum atomic E-state index is 0.294. The third-order valence-corrected chi connectivity index (χ3v) is 6.99. The van der Waals surface area contributed by atoms with Gasteiger partial charge in [-0.25, -0.2) is 0 Å². The Hall–Kier alpha value is -2.00. The summed E-state index contributed by atoms with van der Waals surface area (Å²) in [6.45, 7) is 8.52. The molecule has 2 bridgehead atoms. The van der Waals surface area contributed by atoms with Gasteiger partial charge in [-0.15, -0.1) is 0 Å². The monoisotopic (exact) mass is 347 g/mol. The number of nitrogens with zero attached hydrogens (tertiary/aromatic N) is 3. The zero-order chi connectivity index (χ0) is 18.5. The molecule has 1 aliphatic heterocycles. The Morgan fingerprint density at radius 1 is 1.08 bits per heavy atom. The van der Waals surface area contributed by atoms with Crippen molar-refractivity contribution in [2.75, 3.05) is 6.54 Å². The average molecular weight is 348 g/mol. The highest BCUT2D eigenvalue weighted by atomic mass is 15.2. The Morgan fingerprint density at radius 3 is 2.54 bits per heavy atom. The van der Waals surface area contributed by atoms with Gasteiger partial charge < -0.3 is 4.90 Å². The Morgan fingerprint density at radius 2 is 1.81 bits per heavy atom. The number of fused-ring (bicyclic) bond motifs is 3. The van der Waals surface area contributed by atoms with Crippen LogP contribution in [0.4, 0.5) is 0 Å². The normalized spacial score (nSPS) is 35.0. The molecule has 4 aliphatic rings. The Bertz CT molecular complexity index is 782. The lowest BCUT2D eigenvalue weighted by atomic mass is 9.65. The molecule has 0 aromatic heterocycles. The molecule has 0 aromatic rings. The molecular formula is C23H29N3. The lowest BCUT2D eigenvalue weighted by molar-refractivity contribution is 0.130. The van der Waals surface area contributed by atoms with Gasteiger partial charge in [0.05, 0.1) is 0 Å². The molecule has 2 fully saturated rings. The fourth-order valence-electron chi connectivity index (χ4n) is 6.33. The molecular weight excluding hydrogens is 318 g/mol. The SMILES string of the molecule is CC1(C)C[C@@H]2C[C@](C)(CN2C2=CC3=CC(=C(C#N)C#N)CC[C@H]3CC2)C1. The molecule has 0 radical (unpaired) electrons. The molecule has 1 heterocycles. The van der Waals surface area contributed by atoms with Crippen molar-refractivity contribution in [3.05, 3.63) is 34.6 Å². The summed E-state index contributed by atoms with van der Waals surface area (Å²) < 4.78 is 0. The van der Waals surface area contributed by atoms with Gasteiger partial charge in [0, 0.05) is 18.3 Å². The summed E-state index contributed by atoms with van der Waals surface area (Å²) in [5.41, 5.74) is 4.97. The molecule has 0 aromatic carbocycles. The minimum Gasteiger partial charge on any atom is -0.371 e.